The highest BCUT2D eigenvalue weighted by Crippen LogP contribution is 2.35. The second-order valence-electron chi connectivity index (χ2n) is 10.7. The van der Waals surface area contributed by atoms with E-state index in [0.717, 1.165) is 40.8 Å². The van der Waals surface area contributed by atoms with Crippen LogP contribution in [0, 0.1) is 0 Å². The van der Waals surface area contributed by atoms with Gasteiger partial charge in [-0.25, -0.2) is 24.4 Å². The van der Waals surface area contributed by atoms with Crippen LogP contribution in [-0.2, 0) is 4.74 Å². The molecule has 2 atom stereocenters. The maximum Gasteiger partial charge on any atom is 0.410 e. The van der Waals surface area contributed by atoms with Gasteiger partial charge in [-0.1, -0.05) is 30.3 Å². The number of benzene rings is 1. The van der Waals surface area contributed by atoms with Gasteiger partial charge in [0.1, 0.15) is 16.9 Å². The Balaban J connectivity index is 1.44. The van der Waals surface area contributed by atoms with Crippen LogP contribution in [-0.4, -0.2) is 61.4 Å². The Morgan fingerprint density at radius 1 is 0.973 bits per heavy atom. The predicted octanol–water partition coefficient (Wildman–Crippen LogP) is 4.46. The fourth-order valence-electron chi connectivity index (χ4n) is 5.42. The molecule has 37 heavy (non-hydrogen) atoms. The number of piperazine rings is 1. The molecule has 2 bridgehead atoms. The average molecular weight is 498 g/mol. The van der Waals surface area contributed by atoms with E-state index in [9.17, 15) is 4.79 Å². The first-order valence-corrected chi connectivity index (χ1v) is 12.7. The second-order valence-corrected chi connectivity index (χ2v) is 10.7. The molecule has 0 aliphatic carbocycles. The normalized spacial score (nSPS) is 19.4. The van der Waals surface area contributed by atoms with E-state index in [1.165, 1.54) is 0 Å². The number of hydrogen-bond acceptors (Lipinski definition) is 7. The third kappa shape index (κ3) is 4.24. The number of nitrogens with zero attached hydrogens (tertiary/aromatic N) is 6. The zero-order valence-corrected chi connectivity index (χ0v) is 21.3. The first kappa shape index (κ1) is 23.3. The van der Waals surface area contributed by atoms with Crippen molar-refractivity contribution in [3.8, 4) is 22.6 Å². The highest BCUT2D eigenvalue weighted by Gasteiger charge is 2.45. The maximum atomic E-state index is 13.0. The van der Waals surface area contributed by atoms with Crippen LogP contribution in [0.15, 0.2) is 60.8 Å². The minimum absolute atomic E-state index is 0.0439. The molecule has 0 spiro atoms. The van der Waals surface area contributed by atoms with Gasteiger partial charge in [0.2, 0.25) is 0 Å². The van der Waals surface area contributed by atoms with Crippen molar-refractivity contribution in [3.05, 3.63) is 60.8 Å². The van der Waals surface area contributed by atoms with Crippen LogP contribution in [0.3, 0.4) is 0 Å². The molecule has 3 aromatic heterocycles. The van der Waals surface area contributed by atoms with Gasteiger partial charge in [-0.05, 0) is 57.9 Å². The number of fused-ring (bicyclic) bond motifs is 3. The SMILES string of the molecule is CC(C)(C)OC(=O)N1C2CCC1CN(n1c(-c3cccnc3N)nc3ccc(-c4ccccc4)nc31)C2. The highest BCUT2D eigenvalue weighted by molar-refractivity contribution is 5.83. The van der Waals surface area contributed by atoms with E-state index in [1.807, 2.05) is 68.1 Å². The molecule has 2 aliphatic heterocycles. The van der Waals surface area contributed by atoms with Crippen LogP contribution >= 0.6 is 0 Å². The summed E-state index contributed by atoms with van der Waals surface area (Å²) >= 11 is 0. The van der Waals surface area contributed by atoms with Gasteiger partial charge in [0.15, 0.2) is 11.5 Å². The molecule has 190 valence electrons. The number of nitrogens with two attached hydrogens (primary N) is 1. The van der Waals surface area contributed by atoms with E-state index < -0.39 is 5.60 Å². The molecular weight excluding hydrogens is 466 g/mol. The number of carbonyl (C=O) groups excluding carboxylic acids is 1. The number of imidazole rings is 1. The molecule has 9 heteroatoms. The number of rotatable bonds is 3. The summed E-state index contributed by atoms with van der Waals surface area (Å²) in [7, 11) is 0. The summed E-state index contributed by atoms with van der Waals surface area (Å²) in [5, 5.41) is 2.25. The lowest BCUT2D eigenvalue weighted by Gasteiger charge is -2.42. The summed E-state index contributed by atoms with van der Waals surface area (Å²) in [6.45, 7) is 7.00. The van der Waals surface area contributed by atoms with Crippen LogP contribution in [0.4, 0.5) is 10.6 Å². The number of carbonyl (C=O) groups is 1. The third-order valence-corrected chi connectivity index (χ3v) is 6.98. The number of hydrogen-bond donors (Lipinski definition) is 1. The first-order chi connectivity index (χ1) is 17.8. The Labute approximate surface area is 215 Å². The minimum atomic E-state index is -0.531. The van der Waals surface area contributed by atoms with Crippen molar-refractivity contribution < 1.29 is 9.53 Å². The van der Waals surface area contributed by atoms with Gasteiger partial charge < -0.3 is 15.5 Å². The zero-order chi connectivity index (χ0) is 25.7. The lowest BCUT2D eigenvalue weighted by atomic mass is 10.1. The number of ether oxygens (including phenoxy) is 1. The molecule has 0 saturated carbocycles. The van der Waals surface area contributed by atoms with Gasteiger partial charge in [0.05, 0.1) is 36.4 Å². The van der Waals surface area contributed by atoms with Gasteiger partial charge in [-0.15, -0.1) is 0 Å². The Morgan fingerprint density at radius 2 is 1.70 bits per heavy atom. The van der Waals surface area contributed by atoms with Gasteiger partial charge in [-0.3, -0.25) is 4.90 Å². The van der Waals surface area contributed by atoms with Crippen LogP contribution in [0.25, 0.3) is 33.8 Å². The van der Waals surface area contributed by atoms with Crippen LogP contribution < -0.4 is 10.7 Å². The number of aromatic nitrogens is 4. The molecule has 1 amide bonds. The van der Waals surface area contributed by atoms with Gasteiger partial charge in [0, 0.05) is 11.8 Å². The molecule has 4 aromatic rings. The van der Waals surface area contributed by atoms with Crippen molar-refractivity contribution in [1.29, 1.82) is 0 Å². The molecule has 5 heterocycles. The predicted molar refractivity (Wildman–Crippen MR) is 143 cm³/mol. The van der Waals surface area contributed by atoms with E-state index in [1.54, 1.807) is 6.20 Å². The van der Waals surface area contributed by atoms with Crippen LogP contribution in [0.5, 0.6) is 0 Å². The van der Waals surface area contributed by atoms with E-state index in [4.69, 9.17) is 20.4 Å². The van der Waals surface area contributed by atoms with E-state index in [0.29, 0.717) is 24.7 Å². The quantitative estimate of drug-likeness (QED) is 0.446. The maximum absolute atomic E-state index is 13.0. The average Bonchev–Trinajstić information content (AvgIpc) is 3.38. The van der Waals surface area contributed by atoms with E-state index in [2.05, 4.69) is 26.8 Å². The van der Waals surface area contributed by atoms with Gasteiger partial charge >= 0.3 is 6.09 Å². The minimum Gasteiger partial charge on any atom is -0.444 e. The van der Waals surface area contributed by atoms with Crippen molar-refractivity contribution in [2.45, 2.75) is 51.3 Å². The molecule has 6 rings (SSSR count). The summed E-state index contributed by atoms with van der Waals surface area (Å²) in [6, 6.07) is 18.0. The van der Waals surface area contributed by atoms with Crippen LogP contribution in [0.2, 0.25) is 0 Å². The summed E-state index contributed by atoms with van der Waals surface area (Å²) in [5.41, 5.74) is 9.97. The molecule has 2 aliphatic rings. The zero-order valence-electron chi connectivity index (χ0n) is 21.3. The van der Waals surface area contributed by atoms with Gasteiger partial charge in [-0.2, -0.15) is 0 Å². The monoisotopic (exact) mass is 497 g/mol. The molecule has 2 N–H and O–H groups in total. The Hall–Kier alpha value is -4.14. The van der Waals surface area contributed by atoms with Crippen molar-refractivity contribution in [2.75, 3.05) is 23.8 Å². The summed E-state index contributed by atoms with van der Waals surface area (Å²) in [4.78, 5) is 29.3. The van der Waals surface area contributed by atoms with Crippen molar-refractivity contribution in [2.24, 2.45) is 0 Å². The summed E-state index contributed by atoms with van der Waals surface area (Å²) in [5.74, 6) is 1.11. The summed E-state index contributed by atoms with van der Waals surface area (Å²) < 4.78 is 7.82. The fourth-order valence-corrected chi connectivity index (χ4v) is 5.42. The van der Waals surface area contributed by atoms with Crippen molar-refractivity contribution in [3.63, 3.8) is 0 Å². The number of anilines is 1. The Kier molecular flexibility index (Phi) is 5.51. The number of nitrogen functional groups attached to an aromatic ring is 1. The van der Waals surface area contributed by atoms with Crippen LogP contribution in [0.1, 0.15) is 33.6 Å². The summed E-state index contributed by atoms with van der Waals surface area (Å²) in [6.07, 6.45) is 3.30. The fraction of sp³-hybridized carbons (Fsp3) is 0.357. The van der Waals surface area contributed by atoms with Crippen molar-refractivity contribution >= 4 is 23.1 Å². The smallest absolute Gasteiger partial charge is 0.410 e. The van der Waals surface area contributed by atoms with Gasteiger partial charge in [0.25, 0.3) is 0 Å². The molecule has 0 radical (unpaired) electrons. The standard InChI is InChI=1S/C28H31N7O2/c1-28(2,3)37-27(36)34-19-11-12-20(34)17-33(16-19)35-25(21-10-7-15-30-24(21)29)32-23-14-13-22(31-26(23)35)18-8-5-4-6-9-18/h4-10,13-15,19-20H,11-12,16-17H2,1-3H3,(H2,29,30). The molecule has 2 saturated heterocycles. The molecule has 1 aromatic carbocycles. The largest absolute Gasteiger partial charge is 0.444 e. The lowest BCUT2D eigenvalue weighted by molar-refractivity contribution is 0.0109. The first-order valence-electron chi connectivity index (χ1n) is 12.7. The second kappa shape index (κ2) is 8.76. The molecule has 2 fully saturated rings. The van der Waals surface area contributed by atoms with E-state index >= 15 is 0 Å². The number of amides is 1. The molecular formula is C28H31N7O2. The Morgan fingerprint density at radius 3 is 2.38 bits per heavy atom. The molecule has 2 unspecified atom stereocenters. The third-order valence-electron chi connectivity index (χ3n) is 6.98. The van der Waals surface area contributed by atoms with E-state index in [-0.39, 0.29) is 18.2 Å². The number of pyridine rings is 2. The topological polar surface area (TPSA) is 102 Å². The highest BCUT2D eigenvalue weighted by atomic mass is 16.6. The lowest BCUT2D eigenvalue weighted by Crippen LogP contribution is -2.59. The van der Waals surface area contributed by atoms with Crippen molar-refractivity contribution in [1.82, 2.24) is 24.5 Å². The Bertz CT molecular complexity index is 1450. The molecule has 9 nitrogen and oxygen atoms in total.